The van der Waals surface area contributed by atoms with Gasteiger partial charge in [0.05, 0.1) is 0 Å². The van der Waals surface area contributed by atoms with Gasteiger partial charge >= 0.3 is 0 Å². The molecule has 17 heavy (non-hydrogen) atoms. The van der Waals surface area contributed by atoms with E-state index in [0.29, 0.717) is 5.92 Å². The number of carbonyl (C=O) groups excluding carboxylic acids is 1. The van der Waals surface area contributed by atoms with Crippen molar-refractivity contribution < 1.29 is 4.79 Å². The Balaban J connectivity index is 2.20. The second kappa shape index (κ2) is 5.00. The highest BCUT2D eigenvalue weighted by Crippen LogP contribution is 2.31. The Morgan fingerprint density at radius 2 is 2.29 bits per heavy atom. The van der Waals surface area contributed by atoms with Crippen LogP contribution >= 0.6 is 0 Å². The van der Waals surface area contributed by atoms with Gasteiger partial charge in [-0.2, -0.15) is 0 Å². The summed E-state index contributed by atoms with van der Waals surface area (Å²) >= 11 is 0. The molecule has 1 N–H and O–H groups in total. The number of hydrogen-bond acceptors (Lipinski definition) is 1. The summed E-state index contributed by atoms with van der Waals surface area (Å²) in [4.78, 5) is 11.3. The molecule has 2 nitrogen and oxygen atoms in total. The van der Waals surface area contributed by atoms with Gasteiger partial charge in [0.15, 0.2) is 0 Å². The highest BCUT2D eigenvalue weighted by atomic mass is 16.1. The highest BCUT2D eigenvalue weighted by Gasteiger charge is 2.23. The minimum atomic E-state index is -0.107. The van der Waals surface area contributed by atoms with Gasteiger partial charge in [0, 0.05) is 12.0 Å². The van der Waals surface area contributed by atoms with Crippen molar-refractivity contribution in [1.82, 2.24) is 5.32 Å². The molecule has 2 heteroatoms. The zero-order valence-corrected chi connectivity index (χ0v) is 10.0. The lowest BCUT2D eigenvalue weighted by Crippen LogP contribution is -2.36. The summed E-state index contributed by atoms with van der Waals surface area (Å²) in [5, 5.41) is 2.95. The van der Waals surface area contributed by atoms with E-state index >= 15 is 0 Å². The molecule has 0 saturated carbocycles. The monoisotopic (exact) mass is 227 g/mol. The van der Waals surface area contributed by atoms with E-state index in [4.69, 9.17) is 0 Å². The third-order valence-corrected chi connectivity index (χ3v) is 3.24. The molecule has 1 aromatic rings. The molecule has 0 fully saturated rings. The van der Waals surface area contributed by atoms with Gasteiger partial charge in [-0.1, -0.05) is 43.0 Å². The van der Waals surface area contributed by atoms with Gasteiger partial charge < -0.3 is 5.32 Å². The van der Waals surface area contributed by atoms with Gasteiger partial charge in [0.1, 0.15) is 0 Å². The molecule has 1 amide bonds. The van der Waals surface area contributed by atoms with Crippen molar-refractivity contribution in [3.63, 3.8) is 0 Å². The Kier molecular flexibility index (Phi) is 3.43. The summed E-state index contributed by atoms with van der Waals surface area (Å²) in [5.74, 6) is 0.240. The molecular weight excluding hydrogens is 210 g/mol. The van der Waals surface area contributed by atoms with Crippen LogP contribution < -0.4 is 5.32 Å². The van der Waals surface area contributed by atoms with Crippen molar-refractivity contribution >= 4 is 12.0 Å². The Morgan fingerprint density at radius 3 is 3.06 bits per heavy atom. The van der Waals surface area contributed by atoms with Gasteiger partial charge in [0.25, 0.3) is 0 Å². The molecule has 0 bridgehead atoms. The lowest BCUT2D eigenvalue weighted by atomic mass is 9.83. The van der Waals surface area contributed by atoms with E-state index in [0.717, 1.165) is 6.42 Å². The van der Waals surface area contributed by atoms with Crippen molar-refractivity contribution in [3.8, 4) is 0 Å². The van der Waals surface area contributed by atoms with Gasteiger partial charge in [0.2, 0.25) is 5.91 Å². The van der Waals surface area contributed by atoms with Crippen LogP contribution in [0, 0.1) is 0 Å². The number of hydrogen-bond donors (Lipinski definition) is 1. The molecular formula is C15H17NO. The molecule has 0 heterocycles. The minimum absolute atomic E-state index is 0.107. The fraction of sp³-hybridized carbons (Fsp3) is 0.267. The fourth-order valence-corrected chi connectivity index (χ4v) is 2.33. The van der Waals surface area contributed by atoms with Crippen LogP contribution in [0.15, 0.2) is 43.0 Å². The molecule has 88 valence electrons. The van der Waals surface area contributed by atoms with Crippen LogP contribution in [-0.4, -0.2) is 11.9 Å². The number of carbonyl (C=O) groups is 1. The Labute approximate surface area is 102 Å². The summed E-state index contributed by atoms with van der Waals surface area (Å²) in [7, 11) is 0. The van der Waals surface area contributed by atoms with Crippen molar-refractivity contribution in [2.75, 3.05) is 0 Å². The molecule has 0 aromatic heterocycles. The SMILES string of the molecule is C=CC(=O)NC(C)C1CC=Cc2ccccc21. The van der Waals surface area contributed by atoms with Crippen LogP contribution in [0.3, 0.4) is 0 Å². The van der Waals surface area contributed by atoms with Gasteiger partial charge in [-0.3, -0.25) is 4.79 Å². The normalized spacial score (nSPS) is 19.2. The van der Waals surface area contributed by atoms with Gasteiger partial charge in [-0.25, -0.2) is 0 Å². The highest BCUT2D eigenvalue weighted by molar-refractivity contribution is 5.87. The van der Waals surface area contributed by atoms with E-state index in [2.05, 4.69) is 36.2 Å². The van der Waals surface area contributed by atoms with Gasteiger partial charge in [-0.05, 0) is 30.5 Å². The first-order chi connectivity index (χ1) is 8.22. The maximum absolute atomic E-state index is 11.3. The summed E-state index contributed by atoms with van der Waals surface area (Å²) in [6.45, 7) is 5.52. The molecule has 0 radical (unpaired) electrons. The summed E-state index contributed by atoms with van der Waals surface area (Å²) in [6, 6.07) is 8.46. The first kappa shape index (κ1) is 11.6. The zero-order valence-electron chi connectivity index (χ0n) is 10.0. The van der Waals surface area contributed by atoms with Crippen LogP contribution in [0.4, 0.5) is 0 Å². The summed E-state index contributed by atoms with van der Waals surface area (Å²) < 4.78 is 0. The number of amides is 1. The zero-order chi connectivity index (χ0) is 12.3. The Morgan fingerprint density at radius 1 is 1.53 bits per heavy atom. The number of fused-ring (bicyclic) bond motifs is 1. The molecule has 1 aliphatic carbocycles. The maximum atomic E-state index is 11.3. The summed E-state index contributed by atoms with van der Waals surface area (Å²) in [6.07, 6.45) is 6.61. The standard InChI is InChI=1S/C15H17NO/c1-3-15(17)16-11(2)13-10-6-8-12-7-4-5-9-14(12)13/h3-9,11,13H,1,10H2,2H3,(H,16,17). The lowest BCUT2D eigenvalue weighted by molar-refractivity contribution is -0.117. The molecule has 2 rings (SSSR count). The van der Waals surface area contributed by atoms with Crippen molar-refractivity contribution in [3.05, 3.63) is 54.1 Å². The molecule has 2 atom stereocenters. The molecule has 2 unspecified atom stereocenters. The van der Waals surface area contributed by atoms with Crippen LogP contribution in [0.1, 0.15) is 30.4 Å². The second-order valence-corrected chi connectivity index (χ2v) is 4.37. The molecule has 1 aliphatic rings. The molecule has 0 spiro atoms. The average molecular weight is 227 g/mol. The molecule has 1 aromatic carbocycles. The molecule has 0 saturated heterocycles. The fourth-order valence-electron chi connectivity index (χ4n) is 2.33. The van der Waals surface area contributed by atoms with Gasteiger partial charge in [-0.15, -0.1) is 0 Å². The predicted molar refractivity (Wildman–Crippen MR) is 70.6 cm³/mol. The predicted octanol–water partition coefficient (Wildman–Crippen LogP) is 2.88. The topological polar surface area (TPSA) is 29.1 Å². The van der Waals surface area contributed by atoms with Crippen molar-refractivity contribution in [2.24, 2.45) is 0 Å². The van der Waals surface area contributed by atoms with Crippen LogP contribution in [-0.2, 0) is 4.79 Å². The van der Waals surface area contributed by atoms with Crippen molar-refractivity contribution in [1.29, 1.82) is 0 Å². The maximum Gasteiger partial charge on any atom is 0.243 e. The van der Waals surface area contributed by atoms with Crippen LogP contribution in [0.25, 0.3) is 6.08 Å². The largest absolute Gasteiger partial charge is 0.349 e. The van der Waals surface area contributed by atoms with E-state index in [1.165, 1.54) is 17.2 Å². The first-order valence-electron chi connectivity index (χ1n) is 5.90. The Hall–Kier alpha value is -1.83. The summed E-state index contributed by atoms with van der Waals surface area (Å²) in [5.41, 5.74) is 2.57. The lowest BCUT2D eigenvalue weighted by Gasteiger charge is -2.27. The van der Waals surface area contributed by atoms with E-state index in [1.807, 2.05) is 19.1 Å². The van der Waals surface area contributed by atoms with E-state index in [-0.39, 0.29) is 11.9 Å². The van der Waals surface area contributed by atoms with E-state index in [9.17, 15) is 4.79 Å². The number of rotatable bonds is 3. The second-order valence-electron chi connectivity index (χ2n) is 4.37. The van der Waals surface area contributed by atoms with Crippen LogP contribution in [0.2, 0.25) is 0 Å². The minimum Gasteiger partial charge on any atom is -0.349 e. The van der Waals surface area contributed by atoms with E-state index in [1.54, 1.807) is 0 Å². The van der Waals surface area contributed by atoms with Crippen molar-refractivity contribution in [2.45, 2.75) is 25.3 Å². The number of allylic oxidation sites excluding steroid dienone is 1. The third kappa shape index (κ3) is 2.47. The number of nitrogens with one attached hydrogen (secondary N) is 1. The molecule has 0 aliphatic heterocycles. The first-order valence-corrected chi connectivity index (χ1v) is 5.90. The number of benzene rings is 1. The van der Waals surface area contributed by atoms with E-state index < -0.39 is 0 Å². The Bertz CT molecular complexity index is 462. The average Bonchev–Trinajstić information content (AvgIpc) is 2.37. The quantitative estimate of drug-likeness (QED) is 0.790. The smallest absolute Gasteiger partial charge is 0.243 e. The third-order valence-electron chi connectivity index (χ3n) is 3.24. The van der Waals surface area contributed by atoms with Crippen LogP contribution in [0.5, 0.6) is 0 Å².